The Balaban J connectivity index is 1.81. The van der Waals surface area contributed by atoms with Crippen LogP contribution in [0.2, 0.25) is 0 Å². The lowest BCUT2D eigenvalue weighted by Gasteiger charge is -2.30. The molecule has 3 aromatic rings. The molecule has 146 valence electrons. The number of H-pyrrole nitrogens is 1. The zero-order valence-electron chi connectivity index (χ0n) is 16.4. The molecule has 1 aliphatic rings. The van der Waals surface area contributed by atoms with Gasteiger partial charge in [-0.3, -0.25) is 4.79 Å². The van der Waals surface area contributed by atoms with Crippen LogP contribution in [0.3, 0.4) is 0 Å². The van der Waals surface area contributed by atoms with E-state index in [9.17, 15) is 13.6 Å². The average molecular weight is 387 g/mol. The number of hydrogen-bond acceptors (Lipinski definition) is 4. The van der Waals surface area contributed by atoms with Gasteiger partial charge in [0.1, 0.15) is 5.75 Å². The Bertz CT molecular complexity index is 1130. The number of methoxy groups -OCH3 is 1. The highest BCUT2D eigenvalue weighted by molar-refractivity contribution is 5.86. The van der Waals surface area contributed by atoms with Gasteiger partial charge in [0.05, 0.1) is 33.1 Å². The van der Waals surface area contributed by atoms with E-state index in [1.54, 1.807) is 7.11 Å². The van der Waals surface area contributed by atoms with E-state index in [0.29, 0.717) is 17.0 Å². The first kappa shape index (κ1) is 17.3. The average Bonchev–Trinajstić information content (AvgIpc) is 2.69. The van der Waals surface area contributed by atoms with Crippen LogP contribution in [0.15, 0.2) is 41.2 Å². The molecular formula is C21H20F2N2O3. The summed E-state index contributed by atoms with van der Waals surface area (Å²) >= 11 is 0. The lowest BCUT2D eigenvalue weighted by molar-refractivity contribution is 0.0766. The number of nitrogens with one attached hydrogen (secondary N) is 2. The Morgan fingerprint density at radius 1 is 1.25 bits per heavy atom. The van der Waals surface area contributed by atoms with E-state index in [0.717, 1.165) is 17.7 Å². The fourth-order valence-electron chi connectivity index (χ4n) is 3.50. The van der Waals surface area contributed by atoms with Crippen molar-refractivity contribution in [3.8, 4) is 5.75 Å². The van der Waals surface area contributed by atoms with Gasteiger partial charge in [-0.15, -0.1) is 0 Å². The van der Waals surface area contributed by atoms with Crippen LogP contribution in [-0.2, 0) is 11.3 Å². The van der Waals surface area contributed by atoms with Crippen molar-refractivity contribution in [2.75, 3.05) is 13.7 Å². The first-order chi connectivity index (χ1) is 13.8. The molecule has 7 heteroatoms. The number of aromatic nitrogens is 1. The van der Waals surface area contributed by atoms with Gasteiger partial charge in [-0.05, 0) is 42.1 Å². The van der Waals surface area contributed by atoms with Crippen molar-refractivity contribution in [1.29, 1.82) is 0 Å². The zero-order chi connectivity index (χ0) is 20.8. The monoisotopic (exact) mass is 387 g/mol. The molecule has 2 N–H and O–H groups in total. The molecule has 1 aliphatic heterocycles. The second kappa shape index (κ2) is 7.33. The zero-order valence-corrected chi connectivity index (χ0v) is 15.4. The maximum absolute atomic E-state index is 14.0. The molecule has 5 nitrogen and oxygen atoms in total. The summed E-state index contributed by atoms with van der Waals surface area (Å²) in [6.45, 7) is 1.96. The number of pyridine rings is 1. The van der Waals surface area contributed by atoms with Crippen LogP contribution in [0.25, 0.3) is 10.8 Å². The highest BCUT2D eigenvalue weighted by atomic mass is 19.2. The Labute approximate surface area is 161 Å². The summed E-state index contributed by atoms with van der Waals surface area (Å²) in [7, 11) is 1.58. The van der Waals surface area contributed by atoms with Crippen molar-refractivity contribution in [2.45, 2.75) is 25.6 Å². The number of ether oxygens (including phenoxy) is 2. The molecule has 4 rings (SSSR count). The Morgan fingerprint density at radius 2 is 1.93 bits per heavy atom. The fourth-order valence-corrected chi connectivity index (χ4v) is 3.50. The molecule has 0 amide bonds. The smallest absolute Gasteiger partial charge is 0.256 e. The standard InChI is InChI=1S/C21H20F2N2O3/c1-11(12-3-5-13(27-2)6-4-12)24-18-9-28-10-19-20(18)14-7-16(22)17(23)8-15(14)21(26)25-19/h3-8,11,18,24H,9-10H2,1-2H3,(H,25,26)/t11-,18-/m1/s1/i18D. The minimum Gasteiger partial charge on any atom is -0.497 e. The molecule has 0 fully saturated rings. The van der Waals surface area contributed by atoms with Crippen LogP contribution in [0.1, 0.15) is 37.2 Å². The third-order valence-corrected chi connectivity index (χ3v) is 4.94. The molecule has 2 atom stereocenters. The topological polar surface area (TPSA) is 63.4 Å². The molecule has 2 aromatic carbocycles. The van der Waals surface area contributed by atoms with Gasteiger partial charge in [0.15, 0.2) is 11.6 Å². The second-order valence-corrected chi connectivity index (χ2v) is 6.73. The molecule has 0 unspecified atom stereocenters. The van der Waals surface area contributed by atoms with E-state index in [-0.39, 0.29) is 30.0 Å². The van der Waals surface area contributed by atoms with E-state index < -0.39 is 23.2 Å². The summed E-state index contributed by atoms with van der Waals surface area (Å²) in [5.41, 5.74) is 1.13. The van der Waals surface area contributed by atoms with Crippen molar-refractivity contribution >= 4 is 10.8 Å². The van der Waals surface area contributed by atoms with Crippen LogP contribution < -0.4 is 15.6 Å². The first-order valence-corrected chi connectivity index (χ1v) is 8.86. The first-order valence-electron chi connectivity index (χ1n) is 9.36. The Kier molecular flexibility index (Phi) is 4.54. The number of halogens is 2. The Morgan fingerprint density at radius 3 is 2.61 bits per heavy atom. The predicted molar refractivity (Wildman–Crippen MR) is 101 cm³/mol. The minimum atomic E-state index is -1.47. The van der Waals surface area contributed by atoms with Gasteiger partial charge in [-0.1, -0.05) is 12.1 Å². The molecule has 0 aliphatic carbocycles. The van der Waals surface area contributed by atoms with Crippen molar-refractivity contribution in [1.82, 2.24) is 10.3 Å². The number of fused-ring (bicyclic) bond motifs is 3. The summed E-state index contributed by atoms with van der Waals surface area (Å²) in [4.78, 5) is 15.0. The second-order valence-electron chi connectivity index (χ2n) is 6.73. The van der Waals surface area contributed by atoms with E-state index >= 15 is 0 Å². The number of hydrogen-bond donors (Lipinski definition) is 2. The van der Waals surface area contributed by atoms with Gasteiger partial charge in [-0.2, -0.15) is 0 Å². The van der Waals surface area contributed by atoms with Crippen LogP contribution in [0.4, 0.5) is 8.78 Å². The summed E-state index contributed by atoms with van der Waals surface area (Å²) in [6.07, 6.45) is 0. The predicted octanol–water partition coefficient (Wildman–Crippen LogP) is 3.74. The van der Waals surface area contributed by atoms with Crippen molar-refractivity contribution in [2.24, 2.45) is 0 Å². The molecular weight excluding hydrogens is 366 g/mol. The maximum atomic E-state index is 14.0. The number of rotatable bonds is 4. The third kappa shape index (κ3) is 3.27. The number of aromatic amines is 1. The number of benzene rings is 2. The minimum absolute atomic E-state index is 0.0000699. The van der Waals surface area contributed by atoms with E-state index in [1.165, 1.54) is 0 Å². The molecule has 0 saturated carbocycles. The quantitative estimate of drug-likeness (QED) is 0.716. The van der Waals surface area contributed by atoms with E-state index in [2.05, 4.69) is 10.3 Å². The molecule has 0 spiro atoms. The SMILES string of the molecule is [2H][C@@]1(N[C@H](C)c2ccc(OC)cc2)COCc2[nH]c(=O)c3cc(F)c(F)cc3c21. The third-order valence-electron chi connectivity index (χ3n) is 4.94. The van der Waals surface area contributed by atoms with Gasteiger partial charge < -0.3 is 19.8 Å². The summed E-state index contributed by atoms with van der Waals surface area (Å²) in [6, 6.07) is 7.51. The summed E-state index contributed by atoms with van der Waals surface area (Å²) in [5, 5.41) is 3.42. The van der Waals surface area contributed by atoms with Crippen LogP contribution >= 0.6 is 0 Å². The van der Waals surface area contributed by atoms with Crippen LogP contribution in [0, 0.1) is 11.6 Å². The van der Waals surface area contributed by atoms with Crippen molar-refractivity contribution in [3.63, 3.8) is 0 Å². The van der Waals surface area contributed by atoms with Gasteiger partial charge in [0.2, 0.25) is 0 Å². The van der Waals surface area contributed by atoms with Crippen LogP contribution in [-0.4, -0.2) is 18.7 Å². The lowest BCUT2D eigenvalue weighted by atomic mass is 9.95. The molecule has 28 heavy (non-hydrogen) atoms. The van der Waals surface area contributed by atoms with Gasteiger partial charge in [-0.25, -0.2) is 8.78 Å². The normalized spacial score (nSPS) is 20.5. The highest BCUT2D eigenvalue weighted by Gasteiger charge is 2.27. The van der Waals surface area contributed by atoms with Crippen molar-refractivity contribution in [3.05, 3.63) is 75.2 Å². The Hall–Kier alpha value is -2.77. The van der Waals surface area contributed by atoms with Gasteiger partial charge in [0, 0.05) is 17.3 Å². The summed E-state index contributed by atoms with van der Waals surface area (Å²) in [5.74, 6) is -1.46. The maximum Gasteiger partial charge on any atom is 0.256 e. The van der Waals surface area contributed by atoms with Gasteiger partial charge >= 0.3 is 0 Å². The van der Waals surface area contributed by atoms with E-state index in [4.69, 9.17) is 10.8 Å². The van der Waals surface area contributed by atoms with Gasteiger partial charge in [0.25, 0.3) is 5.56 Å². The molecule has 0 radical (unpaired) electrons. The fraction of sp³-hybridized carbons (Fsp3) is 0.286. The molecule has 2 heterocycles. The molecule has 1 aromatic heterocycles. The van der Waals surface area contributed by atoms with Crippen molar-refractivity contribution < 1.29 is 19.6 Å². The highest BCUT2D eigenvalue weighted by Crippen LogP contribution is 2.32. The molecule has 0 bridgehead atoms. The largest absolute Gasteiger partial charge is 0.497 e. The van der Waals surface area contributed by atoms with E-state index in [1.807, 2.05) is 31.2 Å². The lowest BCUT2D eigenvalue weighted by Crippen LogP contribution is -2.33. The molecule has 0 saturated heterocycles. The summed E-state index contributed by atoms with van der Waals surface area (Å²) < 4.78 is 47.5. The van der Waals surface area contributed by atoms with Crippen LogP contribution in [0.5, 0.6) is 5.75 Å².